The molecule has 0 heterocycles. The maximum atomic E-state index is 12.5. The third-order valence-corrected chi connectivity index (χ3v) is 4.96. The van der Waals surface area contributed by atoms with Crippen LogP contribution in [0.2, 0.25) is 0 Å². The summed E-state index contributed by atoms with van der Waals surface area (Å²) in [6, 6.07) is 13.4. The number of benzene rings is 2. The van der Waals surface area contributed by atoms with E-state index in [4.69, 9.17) is 9.47 Å². The number of methoxy groups -OCH3 is 1. The zero-order valence-electron chi connectivity index (χ0n) is 17.4. The summed E-state index contributed by atoms with van der Waals surface area (Å²) in [4.78, 5) is 12.5. The molecule has 5 nitrogen and oxygen atoms in total. The average molecular weight is 420 g/mol. The summed E-state index contributed by atoms with van der Waals surface area (Å²) in [5.41, 5.74) is 2.92. The minimum absolute atomic E-state index is 0. The number of halogens is 1. The average Bonchev–Trinajstić information content (AvgIpc) is 2.67. The molecule has 2 aromatic carbocycles. The van der Waals surface area contributed by atoms with Crippen molar-refractivity contribution in [2.75, 3.05) is 7.11 Å². The summed E-state index contributed by atoms with van der Waals surface area (Å²) < 4.78 is 11.0. The van der Waals surface area contributed by atoms with Gasteiger partial charge in [-0.3, -0.25) is 0 Å². The SMILES string of the molecule is COC(=O)c1c(OCc2ccccc2)ccc2c1CC[C@H](NC(C)(C)C)[C@H]2O.Cl. The van der Waals surface area contributed by atoms with Crippen molar-refractivity contribution in [2.24, 2.45) is 0 Å². The van der Waals surface area contributed by atoms with E-state index in [2.05, 4.69) is 26.1 Å². The summed E-state index contributed by atoms with van der Waals surface area (Å²) in [6.07, 6.45) is 0.722. The van der Waals surface area contributed by atoms with Gasteiger partial charge in [-0.2, -0.15) is 0 Å². The number of hydrogen-bond donors (Lipinski definition) is 2. The van der Waals surface area contributed by atoms with Gasteiger partial charge in [0.15, 0.2) is 0 Å². The fourth-order valence-electron chi connectivity index (χ4n) is 3.75. The number of aliphatic hydroxyl groups is 1. The molecule has 0 unspecified atom stereocenters. The largest absolute Gasteiger partial charge is 0.488 e. The van der Waals surface area contributed by atoms with Crippen LogP contribution in [0.3, 0.4) is 0 Å². The van der Waals surface area contributed by atoms with Crippen LogP contribution in [0.15, 0.2) is 42.5 Å². The number of ether oxygens (including phenoxy) is 2. The molecule has 0 amide bonds. The van der Waals surface area contributed by atoms with Gasteiger partial charge < -0.3 is 19.9 Å². The molecule has 0 aromatic heterocycles. The lowest BCUT2D eigenvalue weighted by atomic mass is 9.82. The molecule has 2 N–H and O–H groups in total. The van der Waals surface area contributed by atoms with E-state index in [-0.39, 0.29) is 24.0 Å². The molecule has 0 fully saturated rings. The van der Waals surface area contributed by atoms with E-state index < -0.39 is 12.1 Å². The van der Waals surface area contributed by atoms with E-state index in [1.54, 1.807) is 6.07 Å². The van der Waals surface area contributed by atoms with Crippen molar-refractivity contribution in [1.29, 1.82) is 0 Å². The highest BCUT2D eigenvalue weighted by atomic mass is 35.5. The standard InChI is InChI=1S/C23H29NO4.ClH/c1-23(2,3)24-18-12-10-16-17(21(18)25)11-13-19(20(16)22(26)27-4)28-14-15-8-6-5-7-9-15;/h5-9,11,13,18,21,24-25H,10,12,14H2,1-4H3;1H/t18-,21-;/m0./s1. The number of hydrogen-bond acceptors (Lipinski definition) is 5. The maximum Gasteiger partial charge on any atom is 0.341 e. The predicted molar refractivity (Wildman–Crippen MR) is 116 cm³/mol. The minimum Gasteiger partial charge on any atom is -0.488 e. The van der Waals surface area contributed by atoms with Gasteiger partial charge in [0.2, 0.25) is 0 Å². The Balaban J connectivity index is 0.00000300. The Labute approximate surface area is 178 Å². The maximum absolute atomic E-state index is 12.5. The number of nitrogens with one attached hydrogen (secondary N) is 1. The van der Waals surface area contributed by atoms with Crippen LogP contribution in [0.4, 0.5) is 0 Å². The summed E-state index contributed by atoms with van der Waals surface area (Å²) in [5.74, 6) is 0.0539. The highest BCUT2D eigenvalue weighted by molar-refractivity contribution is 5.94. The molecule has 0 saturated carbocycles. The summed E-state index contributed by atoms with van der Waals surface area (Å²) in [5, 5.41) is 14.4. The quantitative estimate of drug-likeness (QED) is 0.710. The first-order chi connectivity index (χ1) is 13.3. The van der Waals surface area contributed by atoms with Gasteiger partial charge in [0.05, 0.1) is 13.2 Å². The Morgan fingerprint density at radius 3 is 2.48 bits per heavy atom. The number of fused-ring (bicyclic) bond motifs is 1. The molecule has 2 aromatic rings. The molecule has 0 bridgehead atoms. The third-order valence-electron chi connectivity index (χ3n) is 4.96. The van der Waals surface area contributed by atoms with Gasteiger partial charge in [-0.15, -0.1) is 12.4 Å². The fraction of sp³-hybridized carbons (Fsp3) is 0.435. The zero-order valence-corrected chi connectivity index (χ0v) is 18.2. The van der Waals surface area contributed by atoms with E-state index in [0.29, 0.717) is 24.3 Å². The second-order valence-electron chi connectivity index (χ2n) is 8.26. The second-order valence-corrected chi connectivity index (χ2v) is 8.26. The Morgan fingerprint density at radius 2 is 1.86 bits per heavy atom. The van der Waals surface area contributed by atoms with Gasteiger partial charge in [-0.25, -0.2) is 4.79 Å². The van der Waals surface area contributed by atoms with E-state index in [1.807, 2.05) is 36.4 Å². The van der Waals surface area contributed by atoms with E-state index in [9.17, 15) is 9.90 Å². The van der Waals surface area contributed by atoms with Gasteiger partial charge in [0.1, 0.15) is 17.9 Å². The Morgan fingerprint density at radius 1 is 1.17 bits per heavy atom. The van der Waals surface area contributed by atoms with Crippen LogP contribution in [0.25, 0.3) is 0 Å². The Hall–Kier alpha value is -2.08. The van der Waals surface area contributed by atoms with E-state index in [1.165, 1.54) is 7.11 Å². The first kappa shape index (κ1) is 23.2. The molecule has 1 aliphatic rings. The zero-order chi connectivity index (χ0) is 20.3. The van der Waals surface area contributed by atoms with Gasteiger partial charge in [-0.1, -0.05) is 36.4 Å². The summed E-state index contributed by atoms with van der Waals surface area (Å²) in [7, 11) is 1.37. The van der Waals surface area contributed by atoms with Crippen LogP contribution in [0.5, 0.6) is 5.75 Å². The summed E-state index contributed by atoms with van der Waals surface area (Å²) >= 11 is 0. The number of carbonyl (C=O) groups is 1. The Kier molecular flexibility index (Phi) is 7.69. The molecule has 29 heavy (non-hydrogen) atoms. The van der Waals surface area contributed by atoms with Crippen LogP contribution < -0.4 is 10.1 Å². The molecule has 0 radical (unpaired) electrons. The molecule has 0 spiro atoms. The molecule has 158 valence electrons. The number of esters is 1. The normalized spacial score (nSPS) is 18.4. The lowest BCUT2D eigenvalue weighted by Gasteiger charge is -2.36. The summed E-state index contributed by atoms with van der Waals surface area (Å²) in [6.45, 7) is 6.60. The van der Waals surface area contributed by atoms with E-state index in [0.717, 1.165) is 23.1 Å². The number of carbonyl (C=O) groups excluding carboxylic acids is 1. The van der Waals surface area contributed by atoms with Crippen molar-refractivity contribution in [3.8, 4) is 5.75 Å². The lowest BCUT2D eigenvalue weighted by molar-refractivity contribution is 0.0590. The molecule has 0 aliphatic heterocycles. The first-order valence-corrected chi connectivity index (χ1v) is 9.66. The van der Waals surface area contributed by atoms with Crippen LogP contribution in [0, 0.1) is 0 Å². The van der Waals surface area contributed by atoms with Gasteiger partial charge in [0, 0.05) is 11.6 Å². The molecular formula is C23H30ClNO4. The molecular weight excluding hydrogens is 390 g/mol. The molecule has 6 heteroatoms. The first-order valence-electron chi connectivity index (χ1n) is 9.66. The van der Waals surface area contributed by atoms with Crippen LogP contribution in [-0.2, 0) is 17.8 Å². The number of rotatable bonds is 5. The van der Waals surface area contributed by atoms with Crippen molar-refractivity contribution in [3.05, 3.63) is 64.7 Å². The van der Waals surface area contributed by atoms with E-state index >= 15 is 0 Å². The van der Waals surface area contributed by atoms with Crippen molar-refractivity contribution >= 4 is 18.4 Å². The van der Waals surface area contributed by atoms with Crippen molar-refractivity contribution < 1.29 is 19.4 Å². The minimum atomic E-state index is -0.686. The molecule has 0 saturated heterocycles. The molecule has 2 atom stereocenters. The predicted octanol–water partition coefficient (Wildman–Crippen LogP) is 4.21. The Bertz CT molecular complexity index is 833. The fourth-order valence-corrected chi connectivity index (χ4v) is 3.75. The third kappa shape index (κ3) is 5.50. The van der Waals surface area contributed by atoms with Gasteiger partial charge in [0.25, 0.3) is 0 Å². The molecule has 3 rings (SSSR count). The van der Waals surface area contributed by atoms with Crippen LogP contribution >= 0.6 is 12.4 Å². The van der Waals surface area contributed by atoms with Gasteiger partial charge >= 0.3 is 5.97 Å². The van der Waals surface area contributed by atoms with Gasteiger partial charge in [-0.05, 0) is 56.4 Å². The highest BCUT2D eigenvalue weighted by Gasteiger charge is 2.34. The van der Waals surface area contributed by atoms with Crippen molar-refractivity contribution in [2.45, 2.75) is 57.9 Å². The van der Waals surface area contributed by atoms with Crippen LogP contribution in [-0.4, -0.2) is 29.8 Å². The number of aliphatic hydroxyl groups excluding tert-OH is 1. The lowest BCUT2D eigenvalue weighted by Crippen LogP contribution is -2.48. The highest BCUT2D eigenvalue weighted by Crippen LogP contribution is 2.37. The van der Waals surface area contributed by atoms with Crippen LogP contribution in [0.1, 0.15) is 60.3 Å². The smallest absolute Gasteiger partial charge is 0.341 e. The van der Waals surface area contributed by atoms with Crippen molar-refractivity contribution in [1.82, 2.24) is 5.32 Å². The van der Waals surface area contributed by atoms with Crippen molar-refractivity contribution in [3.63, 3.8) is 0 Å². The monoisotopic (exact) mass is 419 g/mol. The molecule has 1 aliphatic carbocycles. The second kappa shape index (κ2) is 9.61. The topological polar surface area (TPSA) is 67.8 Å².